The Morgan fingerprint density at radius 3 is 2.46 bits per heavy atom. The maximum Gasteiger partial charge on any atom is 0.271 e. The molecule has 0 saturated carbocycles. The van der Waals surface area contributed by atoms with Gasteiger partial charge in [0.05, 0.1) is 6.21 Å². The van der Waals surface area contributed by atoms with Crippen LogP contribution in [0.3, 0.4) is 0 Å². The molecule has 0 aliphatic carbocycles. The molecule has 5 heteroatoms. The van der Waals surface area contributed by atoms with Gasteiger partial charge in [-0.3, -0.25) is 4.79 Å². The lowest BCUT2D eigenvalue weighted by molar-refractivity contribution is 0.0955. The number of carbonyl (C=O) groups excluding carboxylic acids is 1. The molecule has 1 amide bonds. The number of nitrogens with one attached hydrogen (secondary N) is 1. The number of benzene rings is 3. The predicted octanol–water partition coefficient (Wildman–Crippen LogP) is 4.59. The Hall–Kier alpha value is -3.73. The highest BCUT2D eigenvalue weighted by Gasteiger charge is 2.08. The van der Waals surface area contributed by atoms with E-state index in [-0.39, 0.29) is 11.7 Å². The fraction of sp³-hybridized carbons (Fsp3) is 0.0435. The summed E-state index contributed by atoms with van der Waals surface area (Å²) in [6, 6.07) is 23.6. The van der Waals surface area contributed by atoms with Crippen LogP contribution in [0.2, 0.25) is 0 Å². The van der Waals surface area contributed by atoms with Crippen molar-refractivity contribution >= 4 is 23.0 Å². The minimum absolute atomic E-state index is 0.352. The maximum atomic E-state index is 13.0. The Labute approximate surface area is 161 Å². The Morgan fingerprint density at radius 1 is 0.964 bits per heavy atom. The van der Waals surface area contributed by atoms with Gasteiger partial charge in [0, 0.05) is 34.8 Å². The Bertz CT molecular complexity index is 1130. The van der Waals surface area contributed by atoms with Crippen LogP contribution in [0.1, 0.15) is 21.5 Å². The smallest absolute Gasteiger partial charge is 0.271 e. The highest BCUT2D eigenvalue weighted by molar-refractivity contribution is 6.00. The molecule has 0 aliphatic rings. The number of amides is 1. The summed E-state index contributed by atoms with van der Waals surface area (Å²) in [5.74, 6) is -0.768. The Morgan fingerprint density at radius 2 is 1.68 bits per heavy atom. The summed E-state index contributed by atoms with van der Waals surface area (Å²) in [5, 5.41) is 5.13. The summed E-state index contributed by atoms with van der Waals surface area (Å²) in [6.45, 7) is 0.747. The molecule has 0 fully saturated rings. The normalized spacial score (nSPS) is 11.2. The molecule has 0 radical (unpaired) electrons. The van der Waals surface area contributed by atoms with Crippen molar-refractivity contribution in [3.05, 3.63) is 108 Å². The van der Waals surface area contributed by atoms with E-state index in [2.05, 4.69) is 33.3 Å². The van der Waals surface area contributed by atoms with E-state index in [1.54, 1.807) is 6.21 Å². The van der Waals surface area contributed by atoms with Gasteiger partial charge in [-0.25, -0.2) is 9.82 Å². The molecule has 4 rings (SSSR count). The first-order valence-corrected chi connectivity index (χ1v) is 8.91. The first-order chi connectivity index (χ1) is 13.7. The van der Waals surface area contributed by atoms with E-state index in [0.29, 0.717) is 5.56 Å². The second kappa shape index (κ2) is 7.88. The molecule has 0 saturated heterocycles. The largest absolute Gasteiger partial charge is 0.342 e. The lowest BCUT2D eigenvalue weighted by Crippen LogP contribution is -2.17. The summed E-state index contributed by atoms with van der Waals surface area (Å²) in [5.41, 5.74) is 6.05. The highest BCUT2D eigenvalue weighted by atomic mass is 19.1. The molecule has 0 bridgehead atoms. The molecule has 4 nitrogen and oxygen atoms in total. The summed E-state index contributed by atoms with van der Waals surface area (Å²) < 4.78 is 15.1. The van der Waals surface area contributed by atoms with E-state index < -0.39 is 0 Å². The van der Waals surface area contributed by atoms with E-state index in [4.69, 9.17) is 0 Å². The number of carbonyl (C=O) groups is 1. The van der Waals surface area contributed by atoms with Gasteiger partial charge < -0.3 is 4.57 Å². The minimum Gasteiger partial charge on any atom is -0.342 e. The fourth-order valence-electron chi connectivity index (χ4n) is 3.12. The van der Waals surface area contributed by atoms with Gasteiger partial charge in [0.15, 0.2) is 0 Å². The zero-order chi connectivity index (χ0) is 19.3. The zero-order valence-corrected chi connectivity index (χ0v) is 15.0. The van der Waals surface area contributed by atoms with Crippen molar-refractivity contribution in [1.29, 1.82) is 0 Å². The average molecular weight is 371 g/mol. The van der Waals surface area contributed by atoms with Gasteiger partial charge in [0.1, 0.15) is 5.82 Å². The number of nitrogens with zero attached hydrogens (tertiary/aromatic N) is 2. The number of aromatic nitrogens is 1. The van der Waals surface area contributed by atoms with Crippen molar-refractivity contribution in [2.45, 2.75) is 6.54 Å². The number of fused-ring (bicyclic) bond motifs is 1. The van der Waals surface area contributed by atoms with Crippen LogP contribution in [0.4, 0.5) is 4.39 Å². The SMILES string of the molecule is O=C(NN=Cc1cn(Cc2ccccc2)c2ccccc12)c1ccc(F)cc1. The van der Waals surface area contributed by atoms with E-state index in [1.165, 1.54) is 29.8 Å². The van der Waals surface area contributed by atoms with Crippen LogP contribution >= 0.6 is 0 Å². The lowest BCUT2D eigenvalue weighted by Gasteiger charge is -2.05. The molecule has 1 aromatic heterocycles. The minimum atomic E-state index is -0.385. The number of hydrogen-bond acceptors (Lipinski definition) is 2. The van der Waals surface area contributed by atoms with Crippen molar-refractivity contribution in [3.63, 3.8) is 0 Å². The van der Waals surface area contributed by atoms with E-state index in [9.17, 15) is 9.18 Å². The standard InChI is InChI=1S/C23H18FN3O/c24-20-12-10-18(11-13-20)23(28)26-25-14-19-16-27(15-17-6-2-1-3-7-17)22-9-5-4-8-21(19)22/h1-14,16H,15H2,(H,26,28). The van der Waals surface area contributed by atoms with Crippen LogP contribution < -0.4 is 5.43 Å². The Kier molecular flexibility index (Phi) is 4.97. The van der Waals surface area contributed by atoms with Crippen molar-refractivity contribution in [3.8, 4) is 0 Å². The van der Waals surface area contributed by atoms with E-state index >= 15 is 0 Å². The summed E-state index contributed by atoms with van der Waals surface area (Å²) in [7, 11) is 0. The number of halogens is 1. The summed E-state index contributed by atoms with van der Waals surface area (Å²) in [4.78, 5) is 12.1. The quantitative estimate of drug-likeness (QED) is 0.405. The molecule has 138 valence electrons. The molecule has 0 aliphatic heterocycles. The van der Waals surface area contributed by atoms with Crippen molar-refractivity contribution in [2.75, 3.05) is 0 Å². The molecule has 0 atom stereocenters. The fourth-order valence-corrected chi connectivity index (χ4v) is 3.12. The third kappa shape index (κ3) is 3.83. The van der Waals surface area contributed by atoms with Crippen LogP contribution in [-0.4, -0.2) is 16.7 Å². The number of hydrogen-bond donors (Lipinski definition) is 1. The molecule has 28 heavy (non-hydrogen) atoms. The maximum absolute atomic E-state index is 13.0. The van der Waals surface area contributed by atoms with Crippen molar-refractivity contribution in [1.82, 2.24) is 9.99 Å². The second-order valence-corrected chi connectivity index (χ2v) is 6.42. The molecule has 3 aromatic carbocycles. The summed E-state index contributed by atoms with van der Waals surface area (Å²) >= 11 is 0. The van der Waals surface area contributed by atoms with E-state index in [0.717, 1.165) is 23.0 Å². The highest BCUT2D eigenvalue weighted by Crippen LogP contribution is 2.21. The van der Waals surface area contributed by atoms with E-state index in [1.807, 2.05) is 42.6 Å². The van der Waals surface area contributed by atoms with Crippen LogP contribution in [0, 0.1) is 5.82 Å². The predicted molar refractivity (Wildman–Crippen MR) is 109 cm³/mol. The first-order valence-electron chi connectivity index (χ1n) is 8.91. The number of hydrazone groups is 1. The second-order valence-electron chi connectivity index (χ2n) is 6.42. The van der Waals surface area contributed by atoms with Gasteiger partial charge in [0.2, 0.25) is 0 Å². The summed E-state index contributed by atoms with van der Waals surface area (Å²) in [6.07, 6.45) is 3.65. The van der Waals surface area contributed by atoms with Gasteiger partial charge in [0.25, 0.3) is 5.91 Å². The van der Waals surface area contributed by atoms with Gasteiger partial charge in [-0.1, -0.05) is 48.5 Å². The van der Waals surface area contributed by atoms with Gasteiger partial charge in [-0.2, -0.15) is 5.10 Å². The number of para-hydroxylation sites is 1. The van der Waals surface area contributed by atoms with Crippen molar-refractivity contribution in [2.24, 2.45) is 5.10 Å². The van der Waals surface area contributed by atoms with Crippen LogP contribution in [-0.2, 0) is 6.54 Å². The Balaban J connectivity index is 1.56. The zero-order valence-electron chi connectivity index (χ0n) is 15.0. The average Bonchev–Trinajstić information content (AvgIpc) is 3.07. The van der Waals surface area contributed by atoms with Crippen LogP contribution in [0.5, 0.6) is 0 Å². The molecular weight excluding hydrogens is 353 g/mol. The third-order valence-electron chi connectivity index (χ3n) is 4.49. The van der Waals surface area contributed by atoms with Crippen molar-refractivity contribution < 1.29 is 9.18 Å². The molecule has 4 aromatic rings. The molecule has 1 heterocycles. The topological polar surface area (TPSA) is 46.4 Å². The third-order valence-corrected chi connectivity index (χ3v) is 4.49. The van der Waals surface area contributed by atoms with Crippen LogP contribution in [0.25, 0.3) is 10.9 Å². The molecular formula is C23H18FN3O. The first kappa shape index (κ1) is 17.7. The lowest BCUT2D eigenvalue weighted by atomic mass is 10.2. The molecule has 0 spiro atoms. The number of rotatable bonds is 5. The monoisotopic (exact) mass is 371 g/mol. The van der Waals surface area contributed by atoms with Gasteiger partial charge >= 0.3 is 0 Å². The van der Waals surface area contributed by atoms with Gasteiger partial charge in [-0.15, -0.1) is 0 Å². The van der Waals surface area contributed by atoms with Crippen LogP contribution in [0.15, 0.2) is 90.2 Å². The molecule has 1 N–H and O–H groups in total. The molecule has 0 unspecified atom stereocenters. The van der Waals surface area contributed by atoms with Gasteiger partial charge in [-0.05, 0) is 35.9 Å².